The Labute approximate surface area is 155 Å². The molecule has 0 aromatic heterocycles. The summed E-state index contributed by atoms with van der Waals surface area (Å²) in [5.41, 5.74) is 1.07. The van der Waals surface area contributed by atoms with E-state index in [1.54, 1.807) is 14.2 Å². The number of guanidine groups is 1. The third-order valence-corrected chi connectivity index (χ3v) is 3.48. The Hall–Kier alpha value is -1.62. The summed E-state index contributed by atoms with van der Waals surface area (Å²) in [5, 5.41) is 6.62. The highest BCUT2D eigenvalue weighted by Crippen LogP contribution is 2.28. The van der Waals surface area contributed by atoms with Crippen molar-refractivity contribution in [3.8, 4) is 23.8 Å². The molecule has 0 amide bonds. The van der Waals surface area contributed by atoms with E-state index in [0.717, 1.165) is 24.0 Å². The maximum atomic E-state index is 5.50. The van der Waals surface area contributed by atoms with Gasteiger partial charge in [0.2, 0.25) is 0 Å². The summed E-state index contributed by atoms with van der Waals surface area (Å²) in [6.07, 6.45) is 7.87. The van der Waals surface area contributed by atoms with Crippen LogP contribution in [0.25, 0.3) is 0 Å². The minimum absolute atomic E-state index is 0. The van der Waals surface area contributed by atoms with E-state index >= 15 is 0 Å². The molecule has 1 aromatic rings. The van der Waals surface area contributed by atoms with Crippen molar-refractivity contribution in [1.82, 2.24) is 10.6 Å². The summed E-state index contributed by atoms with van der Waals surface area (Å²) in [6.45, 7) is 1.86. The van der Waals surface area contributed by atoms with Gasteiger partial charge in [-0.3, -0.25) is 4.99 Å². The third kappa shape index (κ3) is 6.57. The number of benzene rings is 1. The second kappa shape index (κ2) is 10.2. The lowest BCUT2D eigenvalue weighted by molar-refractivity contribution is 0.330. The predicted molar refractivity (Wildman–Crippen MR) is 104 cm³/mol. The Morgan fingerprint density at radius 1 is 1.35 bits per heavy atom. The molecule has 0 atom stereocenters. The molecule has 0 heterocycles. The Kier molecular flexibility index (Phi) is 8.62. The van der Waals surface area contributed by atoms with Crippen LogP contribution in [0.2, 0.25) is 0 Å². The second-order valence-corrected chi connectivity index (χ2v) is 5.23. The summed E-state index contributed by atoms with van der Waals surface area (Å²) < 4.78 is 10.8. The van der Waals surface area contributed by atoms with Gasteiger partial charge in [0.1, 0.15) is 6.61 Å². The molecule has 6 heteroatoms. The lowest BCUT2D eigenvalue weighted by Crippen LogP contribution is -2.37. The molecule has 0 unspecified atom stereocenters. The molecule has 2 N–H and O–H groups in total. The van der Waals surface area contributed by atoms with Crippen molar-refractivity contribution in [3.05, 3.63) is 23.8 Å². The number of hydrogen-bond donors (Lipinski definition) is 2. The fraction of sp³-hybridized carbons (Fsp3) is 0.471. The first kappa shape index (κ1) is 19.4. The molecule has 126 valence electrons. The van der Waals surface area contributed by atoms with Gasteiger partial charge in [-0.15, -0.1) is 30.4 Å². The lowest BCUT2D eigenvalue weighted by atomic mass is 10.2. The van der Waals surface area contributed by atoms with Crippen molar-refractivity contribution in [1.29, 1.82) is 0 Å². The van der Waals surface area contributed by atoms with Crippen LogP contribution in [0, 0.1) is 18.3 Å². The van der Waals surface area contributed by atoms with E-state index in [2.05, 4.69) is 21.5 Å². The van der Waals surface area contributed by atoms with Gasteiger partial charge >= 0.3 is 0 Å². The van der Waals surface area contributed by atoms with Gasteiger partial charge in [-0.1, -0.05) is 12.0 Å². The van der Waals surface area contributed by atoms with Crippen LogP contribution in [0.4, 0.5) is 0 Å². The van der Waals surface area contributed by atoms with E-state index in [-0.39, 0.29) is 30.6 Å². The van der Waals surface area contributed by atoms with E-state index in [4.69, 9.17) is 15.9 Å². The quantitative estimate of drug-likeness (QED) is 0.303. The minimum atomic E-state index is 0. The number of hydrogen-bond acceptors (Lipinski definition) is 3. The molecule has 1 aliphatic carbocycles. The highest BCUT2D eigenvalue weighted by Gasteiger charge is 2.21. The van der Waals surface area contributed by atoms with Gasteiger partial charge in [-0.2, -0.15) is 0 Å². The van der Waals surface area contributed by atoms with Crippen molar-refractivity contribution < 1.29 is 9.47 Å². The maximum Gasteiger partial charge on any atom is 0.191 e. The molecule has 0 aliphatic heterocycles. The Morgan fingerprint density at radius 2 is 2.13 bits per heavy atom. The van der Waals surface area contributed by atoms with Crippen LogP contribution in [-0.4, -0.2) is 33.3 Å². The highest BCUT2D eigenvalue weighted by atomic mass is 127. The van der Waals surface area contributed by atoms with Gasteiger partial charge in [0, 0.05) is 20.1 Å². The molecule has 1 fully saturated rings. The average Bonchev–Trinajstić information content (AvgIpc) is 3.37. The van der Waals surface area contributed by atoms with Crippen LogP contribution in [-0.2, 0) is 6.54 Å². The van der Waals surface area contributed by atoms with Gasteiger partial charge in [0.05, 0.1) is 7.11 Å². The van der Waals surface area contributed by atoms with Gasteiger partial charge in [-0.25, -0.2) is 0 Å². The lowest BCUT2D eigenvalue weighted by Gasteiger charge is -2.13. The number of aliphatic imine (C=N–C) groups is 1. The Balaban J connectivity index is 0.00000264. The maximum absolute atomic E-state index is 5.50. The molecule has 1 aromatic carbocycles. The largest absolute Gasteiger partial charge is 0.493 e. The fourth-order valence-electron chi connectivity index (χ4n) is 2.03. The van der Waals surface area contributed by atoms with Gasteiger partial charge < -0.3 is 20.1 Å². The molecule has 1 saturated carbocycles. The zero-order valence-electron chi connectivity index (χ0n) is 13.6. The molecule has 0 bridgehead atoms. The summed E-state index contributed by atoms with van der Waals surface area (Å²) >= 11 is 0. The summed E-state index contributed by atoms with van der Waals surface area (Å²) in [7, 11) is 3.39. The molecular weight excluding hydrogens is 405 g/mol. The summed E-state index contributed by atoms with van der Waals surface area (Å²) in [5.74, 6) is 5.41. The summed E-state index contributed by atoms with van der Waals surface area (Å²) in [4.78, 5) is 4.22. The number of rotatable bonds is 7. The van der Waals surface area contributed by atoms with E-state index in [1.807, 2.05) is 18.2 Å². The number of methoxy groups -OCH3 is 1. The Morgan fingerprint density at radius 3 is 2.74 bits per heavy atom. The van der Waals surface area contributed by atoms with Crippen molar-refractivity contribution in [2.45, 2.75) is 19.4 Å². The average molecular weight is 429 g/mol. The van der Waals surface area contributed by atoms with Gasteiger partial charge in [-0.05, 0) is 36.5 Å². The molecule has 0 spiro atoms. The van der Waals surface area contributed by atoms with E-state index < -0.39 is 0 Å². The van der Waals surface area contributed by atoms with Gasteiger partial charge in [0.15, 0.2) is 17.5 Å². The molecule has 1 aliphatic rings. The fourth-order valence-corrected chi connectivity index (χ4v) is 2.03. The summed E-state index contributed by atoms with van der Waals surface area (Å²) in [6, 6.07) is 5.79. The topological polar surface area (TPSA) is 54.9 Å². The number of terminal acetylenes is 1. The number of nitrogens with zero attached hydrogens (tertiary/aromatic N) is 1. The number of nitrogens with one attached hydrogen (secondary N) is 2. The van der Waals surface area contributed by atoms with Crippen LogP contribution < -0.4 is 20.1 Å². The first-order valence-corrected chi connectivity index (χ1v) is 7.44. The van der Waals surface area contributed by atoms with Crippen molar-refractivity contribution >= 4 is 29.9 Å². The molecule has 2 rings (SSSR count). The van der Waals surface area contributed by atoms with Crippen LogP contribution >= 0.6 is 24.0 Å². The molecule has 0 radical (unpaired) electrons. The highest BCUT2D eigenvalue weighted by molar-refractivity contribution is 14.0. The van der Waals surface area contributed by atoms with E-state index in [9.17, 15) is 0 Å². The third-order valence-electron chi connectivity index (χ3n) is 3.48. The van der Waals surface area contributed by atoms with Crippen LogP contribution in [0.15, 0.2) is 23.2 Å². The van der Waals surface area contributed by atoms with E-state index in [1.165, 1.54) is 12.8 Å². The van der Waals surface area contributed by atoms with Crippen LogP contribution in [0.3, 0.4) is 0 Å². The van der Waals surface area contributed by atoms with E-state index in [0.29, 0.717) is 18.0 Å². The van der Waals surface area contributed by atoms with Crippen molar-refractivity contribution in [2.24, 2.45) is 10.9 Å². The van der Waals surface area contributed by atoms with Gasteiger partial charge in [0.25, 0.3) is 0 Å². The smallest absolute Gasteiger partial charge is 0.191 e. The number of ether oxygens (including phenoxy) is 2. The first-order valence-electron chi connectivity index (χ1n) is 7.44. The zero-order chi connectivity index (χ0) is 15.8. The predicted octanol–water partition coefficient (Wildman–Crippen LogP) is 2.40. The Bertz CT molecular complexity index is 565. The molecule has 0 saturated heterocycles. The first-order chi connectivity index (χ1) is 10.8. The second-order valence-electron chi connectivity index (χ2n) is 5.23. The molecular formula is C17H24IN3O2. The monoisotopic (exact) mass is 429 g/mol. The van der Waals surface area contributed by atoms with Crippen LogP contribution in [0.5, 0.6) is 11.5 Å². The minimum Gasteiger partial charge on any atom is -0.493 e. The number of halogens is 1. The zero-order valence-corrected chi connectivity index (χ0v) is 15.9. The normalized spacial score (nSPS) is 13.5. The van der Waals surface area contributed by atoms with Crippen molar-refractivity contribution in [3.63, 3.8) is 0 Å². The molecule has 5 nitrogen and oxygen atoms in total. The molecule has 23 heavy (non-hydrogen) atoms. The SMILES string of the molecule is C#CCOc1cc(CNC(=NC)NCC2CC2)ccc1OC.I. The standard InChI is InChI=1S/C17H23N3O2.HI/c1-4-9-22-16-10-14(7-8-15(16)21-3)12-20-17(18-2)19-11-13-5-6-13;/h1,7-8,10,13H,5-6,9,11-12H2,2-3H3,(H2,18,19,20);1H. The van der Waals surface area contributed by atoms with Crippen molar-refractivity contribution in [2.75, 3.05) is 27.3 Å². The van der Waals surface area contributed by atoms with Crippen LogP contribution in [0.1, 0.15) is 18.4 Å².